The molecule has 0 aromatic heterocycles. The number of carbonyl (C=O) groups is 2. The van der Waals surface area contributed by atoms with Gasteiger partial charge in [-0.15, -0.1) is 11.8 Å². The van der Waals surface area contributed by atoms with Crippen molar-refractivity contribution in [2.75, 3.05) is 12.4 Å². The standard InChI is InChI=1S/C30H26N2O4S/c1-36-28-19-25(33)15-12-23(28)18-27(32-29(34)22-10-6-3-7-11-22)30(35)31-24-13-16-26(17-14-24)37-20-21-8-4-2-5-9-21/h2-19,33H,20H2,1H3,(H,31,35)(H,32,34)/b27-18-. The number of carbonyl (C=O) groups excluding carboxylic acids is 2. The summed E-state index contributed by atoms with van der Waals surface area (Å²) in [6.45, 7) is 0. The van der Waals surface area contributed by atoms with Crippen molar-refractivity contribution in [3.8, 4) is 11.5 Å². The molecular formula is C30H26N2O4S. The summed E-state index contributed by atoms with van der Waals surface area (Å²) >= 11 is 1.71. The number of thioether (sulfide) groups is 1. The van der Waals surface area contributed by atoms with Gasteiger partial charge in [0.25, 0.3) is 11.8 Å². The van der Waals surface area contributed by atoms with E-state index in [4.69, 9.17) is 4.74 Å². The van der Waals surface area contributed by atoms with Crippen LogP contribution < -0.4 is 15.4 Å². The van der Waals surface area contributed by atoms with Crippen LogP contribution in [0, 0.1) is 0 Å². The first-order valence-electron chi connectivity index (χ1n) is 11.5. The lowest BCUT2D eigenvalue weighted by Crippen LogP contribution is -2.30. The van der Waals surface area contributed by atoms with Crippen LogP contribution >= 0.6 is 11.8 Å². The zero-order chi connectivity index (χ0) is 26.0. The van der Waals surface area contributed by atoms with E-state index < -0.39 is 11.8 Å². The van der Waals surface area contributed by atoms with E-state index in [-0.39, 0.29) is 11.4 Å². The van der Waals surface area contributed by atoms with Crippen LogP contribution in [-0.2, 0) is 10.5 Å². The second-order valence-corrected chi connectivity index (χ2v) is 9.11. The van der Waals surface area contributed by atoms with Crippen LogP contribution in [0.15, 0.2) is 114 Å². The van der Waals surface area contributed by atoms with Gasteiger partial charge in [0.1, 0.15) is 17.2 Å². The van der Waals surface area contributed by atoms with Crippen LogP contribution in [0.25, 0.3) is 6.08 Å². The van der Waals surface area contributed by atoms with Gasteiger partial charge in [-0.2, -0.15) is 0 Å². The fourth-order valence-electron chi connectivity index (χ4n) is 3.49. The number of phenols is 1. The lowest BCUT2D eigenvalue weighted by molar-refractivity contribution is -0.113. The first kappa shape index (κ1) is 25.6. The van der Waals surface area contributed by atoms with E-state index in [0.29, 0.717) is 22.6 Å². The summed E-state index contributed by atoms with van der Waals surface area (Å²) in [5.41, 5.74) is 2.79. The summed E-state index contributed by atoms with van der Waals surface area (Å²) in [6.07, 6.45) is 1.51. The minimum absolute atomic E-state index is 0.0264. The third-order valence-electron chi connectivity index (χ3n) is 5.41. The fourth-order valence-corrected chi connectivity index (χ4v) is 4.35. The zero-order valence-electron chi connectivity index (χ0n) is 20.2. The van der Waals surface area contributed by atoms with Crippen molar-refractivity contribution in [2.45, 2.75) is 10.6 Å². The van der Waals surface area contributed by atoms with Crippen molar-refractivity contribution in [3.05, 3.63) is 126 Å². The number of hydrogen-bond acceptors (Lipinski definition) is 5. The molecule has 0 bridgehead atoms. The quantitative estimate of drug-likeness (QED) is 0.187. The highest BCUT2D eigenvalue weighted by Gasteiger charge is 2.16. The number of anilines is 1. The van der Waals surface area contributed by atoms with E-state index in [1.165, 1.54) is 30.9 Å². The van der Waals surface area contributed by atoms with Crippen LogP contribution in [-0.4, -0.2) is 24.0 Å². The zero-order valence-corrected chi connectivity index (χ0v) is 21.0. The summed E-state index contributed by atoms with van der Waals surface area (Å²) in [5, 5.41) is 15.3. The lowest BCUT2D eigenvalue weighted by Gasteiger charge is -2.13. The number of methoxy groups -OCH3 is 1. The summed E-state index contributed by atoms with van der Waals surface area (Å²) < 4.78 is 5.33. The number of aromatic hydroxyl groups is 1. The Morgan fingerprint density at radius 3 is 2.24 bits per heavy atom. The third-order valence-corrected chi connectivity index (χ3v) is 6.49. The second-order valence-electron chi connectivity index (χ2n) is 8.06. The molecule has 186 valence electrons. The molecule has 7 heteroatoms. The molecule has 0 aliphatic rings. The minimum Gasteiger partial charge on any atom is -0.508 e. The van der Waals surface area contributed by atoms with E-state index in [9.17, 15) is 14.7 Å². The minimum atomic E-state index is -0.496. The van der Waals surface area contributed by atoms with Crippen molar-refractivity contribution in [2.24, 2.45) is 0 Å². The average Bonchev–Trinajstić information content (AvgIpc) is 2.94. The Bertz CT molecular complexity index is 1390. The van der Waals surface area contributed by atoms with Gasteiger partial charge in [0.05, 0.1) is 7.11 Å². The van der Waals surface area contributed by atoms with Gasteiger partial charge in [-0.1, -0.05) is 48.5 Å². The van der Waals surface area contributed by atoms with Gasteiger partial charge < -0.3 is 20.5 Å². The smallest absolute Gasteiger partial charge is 0.272 e. The van der Waals surface area contributed by atoms with Gasteiger partial charge in [0.2, 0.25) is 0 Å². The Balaban J connectivity index is 1.52. The second kappa shape index (κ2) is 12.5. The highest BCUT2D eigenvalue weighted by atomic mass is 32.2. The predicted octanol–water partition coefficient (Wildman–Crippen LogP) is 6.10. The molecule has 4 aromatic carbocycles. The molecule has 0 spiro atoms. The summed E-state index contributed by atoms with van der Waals surface area (Å²) in [7, 11) is 1.46. The van der Waals surface area contributed by atoms with Crippen molar-refractivity contribution in [3.63, 3.8) is 0 Å². The van der Waals surface area contributed by atoms with Crippen LogP contribution in [0.4, 0.5) is 5.69 Å². The fraction of sp³-hybridized carbons (Fsp3) is 0.0667. The molecule has 6 nitrogen and oxygen atoms in total. The summed E-state index contributed by atoms with van der Waals surface area (Å²) in [4.78, 5) is 27.2. The maximum Gasteiger partial charge on any atom is 0.272 e. The van der Waals surface area contributed by atoms with Crippen molar-refractivity contribution >= 4 is 35.3 Å². The Kier molecular flexibility index (Phi) is 8.62. The first-order valence-corrected chi connectivity index (χ1v) is 12.5. The number of rotatable bonds is 9. The van der Waals surface area contributed by atoms with Gasteiger partial charge in [-0.05, 0) is 60.2 Å². The third kappa shape index (κ3) is 7.25. The normalized spacial score (nSPS) is 11.0. The van der Waals surface area contributed by atoms with Crippen molar-refractivity contribution in [1.29, 1.82) is 0 Å². The molecular weight excluding hydrogens is 484 g/mol. The number of amides is 2. The largest absolute Gasteiger partial charge is 0.508 e. The van der Waals surface area contributed by atoms with Crippen LogP contribution in [0.5, 0.6) is 11.5 Å². The topological polar surface area (TPSA) is 87.7 Å². The molecule has 0 atom stereocenters. The van der Waals surface area contributed by atoms with E-state index in [1.54, 1.807) is 42.1 Å². The maximum atomic E-state index is 13.3. The molecule has 0 fully saturated rings. The SMILES string of the molecule is COc1cc(O)ccc1/C=C(\NC(=O)c1ccccc1)C(=O)Nc1ccc(SCc2ccccc2)cc1. The molecule has 0 unspecified atom stereocenters. The van der Waals surface area contributed by atoms with Gasteiger partial charge in [0, 0.05) is 33.5 Å². The maximum absolute atomic E-state index is 13.3. The Morgan fingerprint density at radius 1 is 0.892 bits per heavy atom. The van der Waals surface area contributed by atoms with Gasteiger partial charge in [0.15, 0.2) is 0 Å². The van der Waals surface area contributed by atoms with Gasteiger partial charge >= 0.3 is 0 Å². The summed E-state index contributed by atoms with van der Waals surface area (Å²) in [5.74, 6) is 0.313. The number of ether oxygens (including phenoxy) is 1. The first-order chi connectivity index (χ1) is 18.0. The average molecular weight is 511 g/mol. The number of benzene rings is 4. The van der Waals surface area contributed by atoms with E-state index in [2.05, 4.69) is 22.8 Å². The molecule has 4 aromatic rings. The number of phenolic OH excluding ortho intramolecular Hbond substituents is 1. The Morgan fingerprint density at radius 2 is 1.57 bits per heavy atom. The molecule has 2 amide bonds. The van der Waals surface area contributed by atoms with Crippen LogP contribution in [0.2, 0.25) is 0 Å². The molecule has 3 N–H and O–H groups in total. The van der Waals surface area contributed by atoms with E-state index in [1.807, 2.05) is 48.5 Å². The lowest BCUT2D eigenvalue weighted by atomic mass is 10.1. The monoisotopic (exact) mass is 510 g/mol. The van der Waals surface area contributed by atoms with Crippen molar-refractivity contribution < 1.29 is 19.4 Å². The molecule has 0 saturated heterocycles. The highest BCUT2D eigenvalue weighted by molar-refractivity contribution is 7.98. The molecule has 0 aliphatic heterocycles. The van der Waals surface area contributed by atoms with Crippen LogP contribution in [0.3, 0.4) is 0 Å². The molecule has 0 saturated carbocycles. The molecule has 0 heterocycles. The molecule has 4 rings (SSSR count). The Hall–Kier alpha value is -4.49. The van der Waals surface area contributed by atoms with Crippen molar-refractivity contribution in [1.82, 2.24) is 5.32 Å². The Labute approximate surface area is 220 Å². The highest BCUT2D eigenvalue weighted by Crippen LogP contribution is 2.27. The number of nitrogens with one attached hydrogen (secondary N) is 2. The van der Waals surface area contributed by atoms with Gasteiger partial charge in [-0.25, -0.2) is 0 Å². The van der Waals surface area contributed by atoms with E-state index in [0.717, 1.165) is 10.6 Å². The van der Waals surface area contributed by atoms with Gasteiger partial charge in [-0.3, -0.25) is 9.59 Å². The number of hydrogen-bond donors (Lipinski definition) is 3. The van der Waals surface area contributed by atoms with E-state index >= 15 is 0 Å². The van der Waals surface area contributed by atoms with Crippen LogP contribution in [0.1, 0.15) is 21.5 Å². The molecule has 0 radical (unpaired) electrons. The summed E-state index contributed by atoms with van der Waals surface area (Å²) in [6, 6.07) is 30.9. The predicted molar refractivity (Wildman–Crippen MR) is 148 cm³/mol. The molecule has 37 heavy (non-hydrogen) atoms. The molecule has 0 aliphatic carbocycles.